The third-order valence-corrected chi connectivity index (χ3v) is 2.79. The molecular formula is C10H17N3O2. The van der Waals surface area contributed by atoms with Gasteiger partial charge in [0.05, 0.1) is 12.5 Å². The summed E-state index contributed by atoms with van der Waals surface area (Å²) < 4.78 is 5.21. The highest BCUT2D eigenvalue weighted by Crippen LogP contribution is 2.24. The smallest absolute Gasteiger partial charge is 0.231 e. The van der Waals surface area contributed by atoms with E-state index in [4.69, 9.17) is 9.63 Å². The lowest BCUT2D eigenvalue weighted by atomic mass is 9.98. The Morgan fingerprint density at radius 1 is 1.60 bits per heavy atom. The number of aromatic nitrogens is 2. The number of rotatable bonds is 3. The van der Waals surface area contributed by atoms with Crippen LogP contribution in [-0.2, 0) is 6.42 Å². The van der Waals surface area contributed by atoms with E-state index in [-0.39, 0.29) is 6.61 Å². The predicted molar refractivity (Wildman–Crippen MR) is 54.6 cm³/mol. The van der Waals surface area contributed by atoms with E-state index in [2.05, 4.69) is 22.1 Å². The Kier molecular flexibility index (Phi) is 3.33. The molecule has 1 N–H and O–H groups in total. The second-order valence-corrected chi connectivity index (χ2v) is 4.12. The van der Waals surface area contributed by atoms with Crippen LogP contribution in [0.2, 0.25) is 0 Å². The minimum absolute atomic E-state index is 0.0730. The first-order chi connectivity index (χ1) is 7.29. The van der Waals surface area contributed by atoms with Crippen molar-refractivity contribution in [2.24, 2.45) is 0 Å². The van der Waals surface area contributed by atoms with Crippen LogP contribution in [0.25, 0.3) is 0 Å². The summed E-state index contributed by atoms with van der Waals surface area (Å²) in [5.41, 5.74) is 0. The summed E-state index contributed by atoms with van der Waals surface area (Å²) in [6.45, 7) is 2.21. The molecule has 1 aromatic heterocycles. The number of likely N-dealkylation sites (N-methyl/N-ethyl adjacent to an activating group) is 1. The van der Waals surface area contributed by atoms with E-state index in [1.165, 1.54) is 6.42 Å². The van der Waals surface area contributed by atoms with Crippen LogP contribution < -0.4 is 0 Å². The topological polar surface area (TPSA) is 62.4 Å². The molecule has 1 fully saturated rings. The molecule has 0 amide bonds. The molecule has 15 heavy (non-hydrogen) atoms. The van der Waals surface area contributed by atoms with Crippen molar-refractivity contribution in [2.45, 2.75) is 25.2 Å². The van der Waals surface area contributed by atoms with E-state index >= 15 is 0 Å². The molecule has 0 radical (unpaired) electrons. The average molecular weight is 211 g/mol. The zero-order chi connectivity index (χ0) is 10.7. The molecule has 0 bridgehead atoms. The van der Waals surface area contributed by atoms with Gasteiger partial charge in [0.25, 0.3) is 0 Å². The van der Waals surface area contributed by atoms with Gasteiger partial charge in [-0.25, -0.2) is 0 Å². The minimum Gasteiger partial charge on any atom is -0.396 e. The highest BCUT2D eigenvalue weighted by atomic mass is 16.5. The van der Waals surface area contributed by atoms with Gasteiger partial charge in [0.2, 0.25) is 5.89 Å². The number of likely N-dealkylation sites (tertiary alicyclic amines) is 1. The number of aliphatic hydroxyl groups excluding tert-OH is 1. The molecule has 0 aromatic carbocycles. The molecule has 1 unspecified atom stereocenters. The molecule has 2 rings (SSSR count). The lowest BCUT2D eigenvalue weighted by Gasteiger charge is -2.27. The Morgan fingerprint density at radius 2 is 2.47 bits per heavy atom. The van der Waals surface area contributed by atoms with Gasteiger partial charge >= 0.3 is 0 Å². The molecule has 0 aliphatic carbocycles. The van der Waals surface area contributed by atoms with Crippen LogP contribution in [0.1, 0.15) is 30.5 Å². The van der Waals surface area contributed by atoms with Crippen molar-refractivity contribution in [3.63, 3.8) is 0 Å². The molecule has 1 saturated heterocycles. The minimum atomic E-state index is 0.0730. The molecule has 2 heterocycles. The van der Waals surface area contributed by atoms with Gasteiger partial charge in [-0.3, -0.25) is 0 Å². The summed E-state index contributed by atoms with van der Waals surface area (Å²) in [6, 6.07) is 0. The molecule has 0 saturated carbocycles. The predicted octanol–water partition coefficient (Wildman–Crippen LogP) is 0.414. The Morgan fingerprint density at radius 3 is 3.20 bits per heavy atom. The summed E-state index contributed by atoms with van der Waals surface area (Å²) in [5.74, 6) is 1.70. The number of hydrogen-bond donors (Lipinski definition) is 1. The lowest BCUT2D eigenvalue weighted by molar-refractivity contribution is 0.219. The van der Waals surface area contributed by atoms with Crippen molar-refractivity contribution in [3.8, 4) is 0 Å². The van der Waals surface area contributed by atoms with Crippen molar-refractivity contribution in [3.05, 3.63) is 11.7 Å². The molecule has 1 aliphatic rings. The Balaban J connectivity index is 2.01. The standard InChI is InChI=1S/C10H17N3O2/c1-13-5-2-3-8(7-13)10-11-9(4-6-14)12-15-10/h8,14H,2-7H2,1H3. The maximum Gasteiger partial charge on any atom is 0.231 e. The number of nitrogens with zero attached hydrogens (tertiary/aromatic N) is 3. The number of aliphatic hydroxyl groups is 1. The average Bonchev–Trinajstić information content (AvgIpc) is 2.67. The normalized spacial score (nSPS) is 23.2. The van der Waals surface area contributed by atoms with Crippen LogP contribution in [0.4, 0.5) is 0 Å². The first-order valence-corrected chi connectivity index (χ1v) is 5.41. The summed E-state index contributed by atoms with van der Waals surface area (Å²) in [4.78, 5) is 6.58. The SMILES string of the molecule is CN1CCCC(c2nc(CCO)no2)C1. The van der Waals surface area contributed by atoms with E-state index in [0.717, 1.165) is 25.4 Å². The van der Waals surface area contributed by atoms with Gasteiger partial charge in [-0.1, -0.05) is 5.16 Å². The summed E-state index contributed by atoms with van der Waals surface area (Å²) in [5, 5.41) is 12.6. The highest BCUT2D eigenvalue weighted by Gasteiger charge is 2.23. The summed E-state index contributed by atoms with van der Waals surface area (Å²) in [6.07, 6.45) is 2.77. The van der Waals surface area contributed by atoms with Crippen molar-refractivity contribution in [1.29, 1.82) is 0 Å². The van der Waals surface area contributed by atoms with Gasteiger partial charge in [0.1, 0.15) is 0 Å². The van der Waals surface area contributed by atoms with E-state index in [1.807, 2.05) is 0 Å². The van der Waals surface area contributed by atoms with E-state index in [9.17, 15) is 0 Å². The fourth-order valence-electron chi connectivity index (χ4n) is 2.00. The molecule has 84 valence electrons. The van der Waals surface area contributed by atoms with Crippen LogP contribution in [0, 0.1) is 0 Å². The number of piperidine rings is 1. The molecule has 5 nitrogen and oxygen atoms in total. The van der Waals surface area contributed by atoms with Gasteiger partial charge in [-0.05, 0) is 26.4 Å². The summed E-state index contributed by atoms with van der Waals surface area (Å²) in [7, 11) is 2.11. The molecule has 1 aliphatic heterocycles. The summed E-state index contributed by atoms with van der Waals surface area (Å²) >= 11 is 0. The monoisotopic (exact) mass is 211 g/mol. The highest BCUT2D eigenvalue weighted by molar-refractivity contribution is 4.97. The second kappa shape index (κ2) is 4.72. The van der Waals surface area contributed by atoms with Crippen LogP contribution in [0.15, 0.2) is 4.52 Å². The molecular weight excluding hydrogens is 194 g/mol. The number of hydrogen-bond acceptors (Lipinski definition) is 5. The molecule has 1 aromatic rings. The fourth-order valence-corrected chi connectivity index (χ4v) is 2.00. The Hall–Kier alpha value is -0.940. The molecule has 5 heteroatoms. The van der Waals surface area contributed by atoms with E-state index in [0.29, 0.717) is 18.2 Å². The fraction of sp³-hybridized carbons (Fsp3) is 0.800. The molecule has 0 spiro atoms. The van der Waals surface area contributed by atoms with E-state index in [1.54, 1.807) is 0 Å². The van der Waals surface area contributed by atoms with Crippen molar-refractivity contribution in [1.82, 2.24) is 15.0 Å². The van der Waals surface area contributed by atoms with Gasteiger partial charge < -0.3 is 14.5 Å². The lowest BCUT2D eigenvalue weighted by Crippen LogP contribution is -2.30. The van der Waals surface area contributed by atoms with Crippen molar-refractivity contribution in [2.75, 3.05) is 26.7 Å². The van der Waals surface area contributed by atoms with Gasteiger partial charge in [-0.2, -0.15) is 4.98 Å². The van der Waals surface area contributed by atoms with Crippen LogP contribution in [-0.4, -0.2) is 46.9 Å². The van der Waals surface area contributed by atoms with E-state index < -0.39 is 0 Å². The Bertz CT molecular complexity index is 313. The van der Waals surface area contributed by atoms with Gasteiger partial charge in [0, 0.05) is 13.0 Å². The van der Waals surface area contributed by atoms with Gasteiger partial charge in [-0.15, -0.1) is 0 Å². The first kappa shape index (κ1) is 10.6. The van der Waals surface area contributed by atoms with Crippen LogP contribution in [0.5, 0.6) is 0 Å². The first-order valence-electron chi connectivity index (χ1n) is 5.41. The molecule has 1 atom stereocenters. The Labute approximate surface area is 89.1 Å². The third kappa shape index (κ3) is 2.54. The maximum absolute atomic E-state index is 8.75. The van der Waals surface area contributed by atoms with Crippen LogP contribution in [0.3, 0.4) is 0 Å². The zero-order valence-corrected chi connectivity index (χ0v) is 9.02. The van der Waals surface area contributed by atoms with Gasteiger partial charge in [0.15, 0.2) is 5.82 Å². The zero-order valence-electron chi connectivity index (χ0n) is 9.02. The van der Waals surface area contributed by atoms with Crippen molar-refractivity contribution >= 4 is 0 Å². The largest absolute Gasteiger partial charge is 0.396 e. The quantitative estimate of drug-likeness (QED) is 0.784. The second-order valence-electron chi connectivity index (χ2n) is 4.12. The maximum atomic E-state index is 8.75. The third-order valence-electron chi connectivity index (χ3n) is 2.79. The van der Waals surface area contributed by atoms with Crippen LogP contribution >= 0.6 is 0 Å². The van der Waals surface area contributed by atoms with Crippen molar-refractivity contribution < 1.29 is 9.63 Å².